The highest BCUT2D eigenvalue weighted by molar-refractivity contribution is 5.78. The van der Waals surface area contributed by atoms with E-state index < -0.39 is 0 Å². The van der Waals surface area contributed by atoms with Crippen LogP contribution in [0, 0.1) is 11.8 Å². The lowest BCUT2D eigenvalue weighted by molar-refractivity contribution is -0.149. The summed E-state index contributed by atoms with van der Waals surface area (Å²) < 4.78 is 5.76. The Morgan fingerprint density at radius 2 is 1.90 bits per heavy atom. The largest absolute Gasteiger partial charge is 0.366 e. The smallest absolute Gasteiger partial charge is 0.248 e. The lowest BCUT2D eigenvalue weighted by Crippen LogP contribution is -2.51. The van der Waals surface area contributed by atoms with E-state index in [1.54, 1.807) is 12.4 Å². The van der Waals surface area contributed by atoms with Gasteiger partial charge >= 0.3 is 0 Å². The molecule has 1 aromatic heterocycles. The number of aromatic nitrogens is 2. The van der Waals surface area contributed by atoms with E-state index >= 15 is 0 Å². The van der Waals surface area contributed by atoms with Crippen LogP contribution >= 0.6 is 0 Å². The first-order valence-electron chi connectivity index (χ1n) is 10.9. The number of piperidine rings is 1. The molecule has 1 aromatic rings. The Morgan fingerprint density at radius 3 is 2.62 bits per heavy atom. The number of ether oxygens (including phenoxy) is 1. The predicted molar refractivity (Wildman–Crippen MR) is 113 cm³/mol. The summed E-state index contributed by atoms with van der Waals surface area (Å²) in [7, 11) is 3.88. The fraction of sp³-hybridized carbons (Fsp3) is 0.762. The molecule has 29 heavy (non-hydrogen) atoms. The van der Waals surface area contributed by atoms with Gasteiger partial charge in [-0.15, -0.1) is 0 Å². The summed E-state index contributed by atoms with van der Waals surface area (Å²) in [5, 5.41) is 3.31. The summed E-state index contributed by atoms with van der Waals surface area (Å²) in [6.45, 7) is 5.97. The molecule has 2 saturated heterocycles. The highest BCUT2D eigenvalue weighted by Crippen LogP contribution is 2.31. The van der Waals surface area contributed by atoms with E-state index in [0.29, 0.717) is 19.0 Å². The molecule has 8 nitrogen and oxygen atoms in total. The minimum atomic E-state index is -0.0209. The molecular weight excluding hydrogens is 368 g/mol. The molecule has 160 valence electrons. The van der Waals surface area contributed by atoms with Crippen molar-refractivity contribution in [3.05, 3.63) is 12.4 Å². The van der Waals surface area contributed by atoms with E-state index in [1.165, 1.54) is 45.3 Å². The van der Waals surface area contributed by atoms with Crippen molar-refractivity contribution in [1.82, 2.24) is 19.8 Å². The normalized spacial score (nSPS) is 24.0. The minimum absolute atomic E-state index is 0.0209. The van der Waals surface area contributed by atoms with Crippen molar-refractivity contribution in [1.29, 1.82) is 0 Å². The van der Waals surface area contributed by atoms with Crippen LogP contribution in [0.3, 0.4) is 0 Å². The molecule has 0 unspecified atom stereocenters. The monoisotopic (exact) mass is 402 g/mol. The molecule has 0 aromatic carbocycles. The SMILES string of the molecule is CN(C)c1cncc(NC[C@@H]2CN(CC3CCN(CC4CC4)CC3)C(=O)CO2)n1. The van der Waals surface area contributed by atoms with E-state index in [9.17, 15) is 4.79 Å². The van der Waals surface area contributed by atoms with Crippen LogP contribution in [0.15, 0.2) is 12.4 Å². The average molecular weight is 403 g/mol. The molecule has 1 amide bonds. The van der Waals surface area contributed by atoms with Gasteiger partial charge in [-0.05, 0) is 50.6 Å². The molecule has 3 fully saturated rings. The summed E-state index contributed by atoms with van der Waals surface area (Å²) in [6.07, 6.45) is 8.67. The molecule has 0 bridgehead atoms. The highest BCUT2D eigenvalue weighted by atomic mass is 16.5. The van der Waals surface area contributed by atoms with Gasteiger partial charge in [0.05, 0.1) is 18.5 Å². The molecule has 3 heterocycles. The zero-order valence-electron chi connectivity index (χ0n) is 17.7. The van der Waals surface area contributed by atoms with E-state index in [1.807, 2.05) is 23.9 Å². The van der Waals surface area contributed by atoms with Crippen LogP contribution in [0.25, 0.3) is 0 Å². The standard InChI is InChI=1S/C21H34N6O2/c1-25(2)20-11-22-10-19(24-20)23-9-18-14-27(21(28)15-29-18)13-17-5-7-26(8-6-17)12-16-3-4-16/h10-11,16-18H,3-9,12-15H2,1-2H3,(H,23,24)/t18-/m1/s1. The maximum atomic E-state index is 12.4. The number of hydrogen-bond acceptors (Lipinski definition) is 7. The maximum absolute atomic E-state index is 12.4. The van der Waals surface area contributed by atoms with Gasteiger partial charge in [0.25, 0.3) is 0 Å². The Labute approximate surface area is 173 Å². The second kappa shape index (κ2) is 9.26. The number of rotatable bonds is 8. The predicted octanol–water partition coefficient (Wildman–Crippen LogP) is 1.30. The zero-order valence-corrected chi connectivity index (χ0v) is 17.7. The van der Waals surface area contributed by atoms with Crippen LogP contribution in [0.4, 0.5) is 11.6 Å². The number of hydrogen-bond donors (Lipinski definition) is 1. The fourth-order valence-electron chi connectivity index (χ4n) is 4.18. The zero-order chi connectivity index (χ0) is 20.2. The van der Waals surface area contributed by atoms with Crippen LogP contribution in [0.5, 0.6) is 0 Å². The number of nitrogens with one attached hydrogen (secondary N) is 1. The van der Waals surface area contributed by atoms with Crippen LogP contribution in [-0.4, -0.2) is 91.7 Å². The van der Waals surface area contributed by atoms with E-state index in [-0.39, 0.29) is 18.6 Å². The van der Waals surface area contributed by atoms with Crippen LogP contribution in [0.2, 0.25) is 0 Å². The molecule has 1 aliphatic carbocycles. The van der Waals surface area contributed by atoms with Crippen molar-refractivity contribution in [2.45, 2.75) is 31.8 Å². The lowest BCUT2D eigenvalue weighted by Gasteiger charge is -2.38. The third-order valence-electron chi connectivity index (χ3n) is 6.21. The van der Waals surface area contributed by atoms with Gasteiger partial charge < -0.3 is 24.8 Å². The van der Waals surface area contributed by atoms with E-state index in [4.69, 9.17) is 4.74 Å². The Bertz CT molecular complexity index is 688. The molecule has 0 radical (unpaired) electrons. The molecule has 1 saturated carbocycles. The summed E-state index contributed by atoms with van der Waals surface area (Å²) in [5.41, 5.74) is 0. The van der Waals surface area contributed by atoms with E-state index in [0.717, 1.165) is 24.1 Å². The number of anilines is 2. The number of carbonyl (C=O) groups excluding carboxylic acids is 1. The number of carbonyl (C=O) groups is 1. The molecule has 1 atom stereocenters. The van der Waals surface area contributed by atoms with Gasteiger partial charge in [0, 0.05) is 40.3 Å². The first-order valence-corrected chi connectivity index (χ1v) is 10.9. The van der Waals surface area contributed by atoms with Crippen molar-refractivity contribution in [2.75, 3.05) is 70.2 Å². The van der Waals surface area contributed by atoms with Crippen molar-refractivity contribution >= 4 is 17.5 Å². The Kier molecular flexibility index (Phi) is 6.50. The molecule has 4 rings (SSSR count). The summed E-state index contributed by atoms with van der Waals surface area (Å²) >= 11 is 0. The van der Waals surface area contributed by atoms with Gasteiger partial charge in [0.15, 0.2) is 0 Å². The minimum Gasteiger partial charge on any atom is -0.366 e. The highest BCUT2D eigenvalue weighted by Gasteiger charge is 2.31. The first-order chi connectivity index (χ1) is 14.1. The Balaban J connectivity index is 1.23. The third-order valence-corrected chi connectivity index (χ3v) is 6.21. The molecule has 3 aliphatic rings. The molecular formula is C21H34N6O2. The summed E-state index contributed by atoms with van der Waals surface area (Å²) in [4.78, 5) is 27.7. The van der Waals surface area contributed by atoms with Crippen molar-refractivity contribution in [2.24, 2.45) is 11.8 Å². The first kappa shape index (κ1) is 20.3. The van der Waals surface area contributed by atoms with Crippen LogP contribution < -0.4 is 10.2 Å². The Hall–Kier alpha value is -1.93. The van der Waals surface area contributed by atoms with Gasteiger partial charge in [-0.3, -0.25) is 9.78 Å². The Morgan fingerprint density at radius 1 is 1.14 bits per heavy atom. The number of amides is 1. The van der Waals surface area contributed by atoms with Crippen LogP contribution in [0.1, 0.15) is 25.7 Å². The van der Waals surface area contributed by atoms with Crippen molar-refractivity contribution in [3.63, 3.8) is 0 Å². The molecule has 8 heteroatoms. The topological polar surface area (TPSA) is 73.8 Å². The summed E-state index contributed by atoms with van der Waals surface area (Å²) in [5.74, 6) is 3.24. The van der Waals surface area contributed by atoms with E-state index in [2.05, 4.69) is 20.2 Å². The number of nitrogens with zero attached hydrogens (tertiary/aromatic N) is 5. The third kappa shape index (κ3) is 5.79. The molecule has 0 spiro atoms. The quantitative estimate of drug-likeness (QED) is 0.703. The van der Waals surface area contributed by atoms with Crippen LogP contribution in [-0.2, 0) is 9.53 Å². The summed E-state index contributed by atoms with van der Waals surface area (Å²) in [6, 6.07) is 0. The number of morpholine rings is 1. The van der Waals surface area contributed by atoms with Gasteiger partial charge in [-0.2, -0.15) is 0 Å². The maximum Gasteiger partial charge on any atom is 0.248 e. The average Bonchev–Trinajstić information content (AvgIpc) is 3.54. The second-order valence-electron chi connectivity index (χ2n) is 8.96. The van der Waals surface area contributed by atoms with Gasteiger partial charge in [0.2, 0.25) is 5.91 Å². The van der Waals surface area contributed by atoms with Gasteiger partial charge in [0.1, 0.15) is 18.2 Å². The second-order valence-corrected chi connectivity index (χ2v) is 8.96. The van der Waals surface area contributed by atoms with Crippen molar-refractivity contribution in [3.8, 4) is 0 Å². The molecule has 1 N–H and O–H groups in total. The fourth-order valence-corrected chi connectivity index (χ4v) is 4.18. The van der Waals surface area contributed by atoms with Gasteiger partial charge in [-0.25, -0.2) is 4.98 Å². The van der Waals surface area contributed by atoms with Crippen molar-refractivity contribution < 1.29 is 9.53 Å². The number of likely N-dealkylation sites (tertiary alicyclic amines) is 1. The molecule has 2 aliphatic heterocycles. The van der Waals surface area contributed by atoms with Gasteiger partial charge in [-0.1, -0.05) is 0 Å². The lowest BCUT2D eigenvalue weighted by atomic mass is 9.95.